The standard InChI is InChI=1S/C16H32N2/c1-3-5-7-14(4-2)12-18(16-9-10-16)13-15-8-6-11-17-15/h14-17H,3-13H2,1-2H3. The Morgan fingerprint density at radius 1 is 1.22 bits per heavy atom. The van der Waals surface area contributed by atoms with Crippen LogP contribution in [0.2, 0.25) is 0 Å². The number of rotatable bonds is 9. The van der Waals surface area contributed by atoms with Crippen LogP contribution in [0.5, 0.6) is 0 Å². The maximum absolute atomic E-state index is 3.66. The Labute approximate surface area is 114 Å². The van der Waals surface area contributed by atoms with Crippen molar-refractivity contribution in [1.82, 2.24) is 10.2 Å². The lowest BCUT2D eigenvalue weighted by atomic mass is 9.98. The first kappa shape index (κ1) is 14.3. The molecule has 2 heteroatoms. The maximum Gasteiger partial charge on any atom is 0.0195 e. The van der Waals surface area contributed by atoms with E-state index in [9.17, 15) is 0 Å². The number of hydrogen-bond donors (Lipinski definition) is 1. The molecular weight excluding hydrogens is 220 g/mol. The largest absolute Gasteiger partial charge is 0.313 e. The van der Waals surface area contributed by atoms with Crippen LogP contribution in [0.15, 0.2) is 0 Å². The van der Waals surface area contributed by atoms with Gasteiger partial charge in [-0.05, 0) is 44.6 Å². The van der Waals surface area contributed by atoms with Gasteiger partial charge < -0.3 is 5.32 Å². The van der Waals surface area contributed by atoms with E-state index in [-0.39, 0.29) is 0 Å². The molecule has 0 radical (unpaired) electrons. The third-order valence-electron chi connectivity index (χ3n) is 4.72. The fraction of sp³-hybridized carbons (Fsp3) is 1.00. The zero-order valence-corrected chi connectivity index (χ0v) is 12.5. The monoisotopic (exact) mass is 252 g/mol. The highest BCUT2D eigenvalue weighted by atomic mass is 15.2. The molecule has 1 saturated carbocycles. The van der Waals surface area contributed by atoms with Crippen LogP contribution in [0.25, 0.3) is 0 Å². The van der Waals surface area contributed by atoms with Crippen LogP contribution < -0.4 is 5.32 Å². The molecule has 0 bridgehead atoms. The third-order valence-corrected chi connectivity index (χ3v) is 4.72. The van der Waals surface area contributed by atoms with Crippen LogP contribution in [-0.4, -0.2) is 36.6 Å². The van der Waals surface area contributed by atoms with E-state index in [0.717, 1.165) is 18.0 Å². The maximum atomic E-state index is 3.66. The van der Waals surface area contributed by atoms with Crippen molar-refractivity contribution in [2.24, 2.45) is 5.92 Å². The van der Waals surface area contributed by atoms with Crippen LogP contribution in [0.1, 0.15) is 65.2 Å². The zero-order valence-electron chi connectivity index (χ0n) is 12.5. The topological polar surface area (TPSA) is 15.3 Å². The lowest BCUT2D eigenvalue weighted by molar-refractivity contribution is 0.194. The molecule has 1 saturated heterocycles. The average molecular weight is 252 g/mol. The summed E-state index contributed by atoms with van der Waals surface area (Å²) < 4.78 is 0. The minimum Gasteiger partial charge on any atom is -0.313 e. The van der Waals surface area contributed by atoms with Gasteiger partial charge in [-0.2, -0.15) is 0 Å². The van der Waals surface area contributed by atoms with Gasteiger partial charge >= 0.3 is 0 Å². The molecule has 0 amide bonds. The molecule has 0 aromatic rings. The molecule has 106 valence electrons. The summed E-state index contributed by atoms with van der Waals surface area (Å²) in [7, 11) is 0. The van der Waals surface area contributed by atoms with Gasteiger partial charge in [0.15, 0.2) is 0 Å². The highest BCUT2D eigenvalue weighted by molar-refractivity contribution is 4.89. The quantitative estimate of drug-likeness (QED) is 0.676. The van der Waals surface area contributed by atoms with E-state index in [1.165, 1.54) is 71.0 Å². The van der Waals surface area contributed by atoms with E-state index in [2.05, 4.69) is 24.1 Å². The van der Waals surface area contributed by atoms with E-state index in [0.29, 0.717) is 0 Å². The van der Waals surface area contributed by atoms with Crippen LogP contribution >= 0.6 is 0 Å². The Balaban J connectivity index is 1.76. The molecule has 1 aliphatic carbocycles. The molecule has 2 aliphatic rings. The number of unbranched alkanes of at least 4 members (excludes halogenated alkanes) is 1. The fourth-order valence-corrected chi connectivity index (χ4v) is 3.26. The van der Waals surface area contributed by atoms with Crippen LogP contribution in [0, 0.1) is 5.92 Å². The summed E-state index contributed by atoms with van der Waals surface area (Å²) >= 11 is 0. The van der Waals surface area contributed by atoms with Gasteiger partial charge in [0.25, 0.3) is 0 Å². The molecule has 18 heavy (non-hydrogen) atoms. The van der Waals surface area contributed by atoms with E-state index in [1.54, 1.807) is 0 Å². The molecular formula is C16H32N2. The SMILES string of the molecule is CCCCC(CC)CN(CC1CCCN1)C1CC1. The van der Waals surface area contributed by atoms with Gasteiger partial charge in [-0.15, -0.1) is 0 Å². The predicted octanol–water partition coefficient (Wildman–Crippen LogP) is 3.42. The van der Waals surface area contributed by atoms with Crippen LogP contribution in [0.3, 0.4) is 0 Å². The first-order chi connectivity index (χ1) is 8.83. The molecule has 1 N–H and O–H groups in total. The van der Waals surface area contributed by atoms with Gasteiger partial charge in [-0.1, -0.05) is 33.1 Å². The molecule has 0 aromatic heterocycles. The van der Waals surface area contributed by atoms with Gasteiger partial charge in [0.05, 0.1) is 0 Å². The van der Waals surface area contributed by atoms with E-state index >= 15 is 0 Å². The molecule has 2 nitrogen and oxygen atoms in total. The number of nitrogens with zero attached hydrogens (tertiary/aromatic N) is 1. The first-order valence-electron chi connectivity index (χ1n) is 8.30. The first-order valence-corrected chi connectivity index (χ1v) is 8.30. The zero-order chi connectivity index (χ0) is 12.8. The Morgan fingerprint density at radius 2 is 2.06 bits per heavy atom. The van der Waals surface area contributed by atoms with Crippen molar-refractivity contribution in [1.29, 1.82) is 0 Å². The molecule has 1 aliphatic heterocycles. The van der Waals surface area contributed by atoms with E-state index < -0.39 is 0 Å². The van der Waals surface area contributed by atoms with E-state index in [4.69, 9.17) is 0 Å². The molecule has 2 atom stereocenters. The average Bonchev–Trinajstić information content (AvgIpc) is 3.11. The smallest absolute Gasteiger partial charge is 0.0195 e. The van der Waals surface area contributed by atoms with Gasteiger partial charge in [0, 0.05) is 25.2 Å². The highest BCUT2D eigenvalue weighted by Crippen LogP contribution is 2.29. The van der Waals surface area contributed by atoms with Crippen molar-refractivity contribution in [3.63, 3.8) is 0 Å². The summed E-state index contributed by atoms with van der Waals surface area (Å²) in [5.41, 5.74) is 0. The molecule has 2 rings (SSSR count). The summed E-state index contributed by atoms with van der Waals surface area (Å²) in [5, 5.41) is 3.66. The lowest BCUT2D eigenvalue weighted by Crippen LogP contribution is -2.41. The minimum absolute atomic E-state index is 0.786. The van der Waals surface area contributed by atoms with Crippen molar-refractivity contribution >= 4 is 0 Å². The molecule has 0 aromatic carbocycles. The highest BCUT2D eigenvalue weighted by Gasteiger charge is 2.32. The molecule has 1 heterocycles. The molecule has 2 fully saturated rings. The summed E-state index contributed by atoms with van der Waals surface area (Å²) in [6.07, 6.45) is 11.3. The third kappa shape index (κ3) is 4.55. The number of nitrogens with one attached hydrogen (secondary N) is 1. The minimum atomic E-state index is 0.786. The second-order valence-corrected chi connectivity index (χ2v) is 6.39. The van der Waals surface area contributed by atoms with Crippen LogP contribution in [0.4, 0.5) is 0 Å². The second kappa shape index (κ2) is 7.49. The predicted molar refractivity (Wildman–Crippen MR) is 78.9 cm³/mol. The molecule has 0 spiro atoms. The summed E-state index contributed by atoms with van der Waals surface area (Å²) in [6, 6.07) is 1.72. The summed E-state index contributed by atoms with van der Waals surface area (Å²) in [5.74, 6) is 0.937. The Bertz CT molecular complexity index is 219. The van der Waals surface area contributed by atoms with Gasteiger partial charge in [0.2, 0.25) is 0 Å². The summed E-state index contributed by atoms with van der Waals surface area (Å²) in [4.78, 5) is 2.81. The Morgan fingerprint density at radius 3 is 2.61 bits per heavy atom. The Hall–Kier alpha value is -0.0800. The van der Waals surface area contributed by atoms with Crippen LogP contribution in [-0.2, 0) is 0 Å². The number of hydrogen-bond acceptors (Lipinski definition) is 2. The van der Waals surface area contributed by atoms with Gasteiger partial charge in [-0.25, -0.2) is 0 Å². The second-order valence-electron chi connectivity index (χ2n) is 6.39. The van der Waals surface area contributed by atoms with Gasteiger partial charge in [0.1, 0.15) is 0 Å². The lowest BCUT2D eigenvalue weighted by Gasteiger charge is -2.29. The Kier molecular flexibility index (Phi) is 5.97. The normalized spacial score (nSPS) is 25.8. The van der Waals surface area contributed by atoms with Crippen molar-refractivity contribution in [3.8, 4) is 0 Å². The van der Waals surface area contributed by atoms with E-state index in [1.807, 2.05) is 0 Å². The van der Waals surface area contributed by atoms with Crippen molar-refractivity contribution < 1.29 is 0 Å². The molecule has 2 unspecified atom stereocenters. The van der Waals surface area contributed by atoms with Crippen molar-refractivity contribution in [2.75, 3.05) is 19.6 Å². The van der Waals surface area contributed by atoms with Gasteiger partial charge in [-0.3, -0.25) is 4.90 Å². The van der Waals surface area contributed by atoms with Crippen molar-refractivity contribution in [3.05, 3.63) is 0 Å². The van der Waals surface area contributed by atoms with Crippen molar-refractivity contribution in [2.45, 2.75) is 77.3 Å². The fourth-order valence-electron chi connectivity index (χ4n) is 3.26. The summed E-state index contributed by atoms with van der Waals surface area (Å²) in [6.45, 7) is 8.61.